The van der Waals surface area contributed by atoms with Gasteiger partial charge in [0.1, 0.15) is 0 Å². The summed E-state index contributed by atoms with van der Waals surface area (Å²) in [6.45, 7) is 0. The Bertz CT molecular complexity index is 1310. The van der Waals surface area contributed by atoms with Crippen LogP contribution in [0.25, 0.3) is 0 Å². The Labute approximate surface area is 208 Å². The SMILES string of the molecule is N#Cc1ccc(C(C(=O)C(c2ccc(C#N)cc2)c2cccc(Cl)c2)c2cccc(Cl)c2)cc1. The van der Waals surface area contributed by atoms with Crippen molar-refractivity contribution in [1.82, 2.24) is 0 Å². The van der Waals surface area contributed by atoms with Gasteiger partial charge in [-0.3, -0.25) is 4.79 Å². The Kier molecular flexibility index (Phi) is 7.09. The number of hydrogen-bond acceptors (Lipinski definition) is 3. The molecule has 34 heavy (non-hydrogen) atoms. The molecular formula is C29H18Cl2N2O. The van der Waals surface area contributed by atoms with E-state index >= 15 is 0 Å². The molecule has 0 aliphatic heterocycles. The quantitative estimate of drug-likeness (QED) is 0.291. The summed E-state index contributed by atoms with van der Waals surface area (Å²) in [7, 11) is 0. The lowest BCUT2D eigenvalue weighted by molar-refractivity contribution is -0.120. The molecule has 0 heterocycles. The second kappa shape index (κ2) is 10.4. The average molecular weight is 481 g/mol. The maximum atomic E-state index is 14.4. The minimum absolute atomic E-state index is 0.0704. The van der Waals surface area contributed by atoms with Crippen molar-refractivity contribution in [2.75, 3.05) is 0 Å². The zero-order chi connectivity index (χ0) is 24.1. The van der Waals surface area contributed by atoms with Gasteiger partial charge in [0.25, 0.3) is 0 Å². The first-order valence-corrected chi connectivity index (χ1v) is 11.3. The fourth-order valence-electron chi connectivity index (χ4n) is 4.08. The molecule has 2 unspecified atom stereocenters. The van der Waals surface area contributed by atoms with E-state index in [0.29, 0.717) is 21.2 Å². The van der Waals surface area contributed by atoms with E-state index in [9.17, 15) is 15.3 Å². The smallest absolute Gasteiger partial charge is 0.156 e. The highest BCUT2D eigenvalue weighted by Gasteiger charge is 2.32. The van der Waals surface area contributed by atoms with Crippen LogP contribution in [0.15, 0.2) is 97.1 Å². The number of rotatable bonds is 6. The lowest BCUT2D eigenvalue weighted by Gasteiger charge is -2.25. The molecule has 164 valence electrons. The van der Waals surface area contributed by atoms with Crippen LogP contribution in [-0.4, -0.2) is 5.78 Å². The van der Waals surface area contributed by atoms with E-state index < -0.39 is 11.8 Å². The fraction of sp³-hybridized carbons (Fsp3) is 0.0690. The number of ketones is 1. The summed E-state index contributed by atoms with van der Waals surface area (Å²) in [6.07, 6.45) is 0. The molecule has 0 aliphatic carbocycles. The highest BCUT2D eigenvalue weighted by atomic mass is 35.5. The highest BCUT2D eigenvalue weighted by Crippen LogP contribution is 2.37. The van der Waals surface area contributed by atoms with Crippen molar-refractivity contribution in [1.29, 1.82) is 10.5 Å². The number of nitrogens with zero attached hydrogens (tertiary/aromatic N) is 2. The normalized spacial score (nSPS) is 12.2. The minimum Gasteiger partial charge on any atom is -0.298 e. The van der Waals surface area contributed by atoms with Crippen LogP contribution in [0.4, 0.5) is 0 Å². The summed E-state index contributed by atoms with van der Waals surface area (Å²) in [5, 5.41) is 19.5. The minimum atomic E-state index is -0.633. The lowest BCUT2D eigenvalue weighted by Crippen LogP contribution is -2.23. The number of hydrogen-bond donors (Lipinski definition) is 0. The number of benzene rings is 4. The van der Waals surface area contributed by atoms with Crippen LogP contribution in [0.2, 0.25) is 10.0 Å². The van der Waals surface area contributed by atoms with Crippen LogP contribution in [0.5, 0.6) is 0 Å². The van der Waals surface area contributed by atoms with Gasteiger partial charge in [0.2, 0.25) is 0 Å². The molecule has 4 aromatic rings. The predicted molar refractivity (Wildman–Crippen MR) is 134 cm³/mol. The maximum Gasteiger partial charge on any atom is 0.156 e. The summed E-state index contributed by atoms with van der Waals surface area (Å²) in [6, 6.07) is 32.7. The van der Waals surface area contributed by atoms with E-state index in [1.54, 1.807) is 72.8 Å². The zero-order valence-electron chi connectivity index (χ0n) is 18.0. The van der Waals surface area contributed by atoms with Gasteiger partial charge in [0.05, 0.1) is 35.1 Å². The van der Waals surface area contributed by atoms with Crippen molar-refractivity contribution < 1.29 is 4.79 Å². The van der Waals surface area contributed by atoms with Gasteiger partial charge in [-0.2, -0.15) is 10.5 Å². The highest BCUT2D eigenvalue weighted by molar-refractivity contribution is 6.31. The molecule has 4 aromatic carbocycles. The molecule has 0 aliphatic rings. The molecule has 0 fully saturated rings. The summed E-state index contributed by atoms with van der Waals surface area (Å²) in [4.78, 5) is 14.4. The van der Waals surface area contributed by atoms with E-state index in [4.69, 9.17) is 23.2 Å². The van der Waals surface area contributed by atoms with Crippen molar-refractivity contribution in [3.8, 4) is 12.1 Å². The Morgan fingerprint density at radius 2 is 0.971 bits per heavy atom. The number of carbonyl (C=O) groups excluding carboxylic acids is 1. The monoisotopic (exact) mass is 480 g/mol. The van der Waals surface area contributed by atoms with E-state index in [2.05, 4.69) is 12.1 Å². The van der Waals surface area contributed by atoms with Crippen LogP contribution in [0.1, 0.15) is 45.2 Å². The first-order chi connectivity index (χ1) is 16.5. The second-order valence-corrected chi connectivity index (χ2v) is 8.72. The van der Waals surface area contributed by atoms with Gasteiger partial charge >= 0.3 is 0 Å². The second-order valence-electron chi connectivity index (χ2n) is 7.85. The summed E-state index contributed by atoms with van der Waals surface area (Å²) in [5.41, 5.74) is 4.05. The molecule has 0 saturated carbocycles. The van der Waals surface area contributed by atoms with Crippen LogP contribution >= 0.6 is 23.2 Å². The van der Waals surface area contributed by atoms with E-state index in [1.165, 1.54) is 0 Å². The van der Waals surface area contributed by atoms with Crippen LogP contribution in [0.3, 0.4) is 0 Å². The van der Waals surface area contributed by atoms with Crippen LogP contribution in [0, 0.1) is 22.7 Å². The maximum absolute atomic E-state index is 14.4. The number of nitriles is 2. The first-order valence-electron chi connectivity index (χ1n) is 10.5. The van der Waals surface area contributed by atoms with Crippen LogP contribution < -0.4 is 0 Å². The van der Waals surface area contributed by atoms with Crippen molar-refractivity contribution >= 4 is 29.0 Å². The molecule has 0 amide bonds. The van der Waals surface area contributed by atoms with Crippen molar-refractivity contribution in [2.45, 2.75) is 11.8 Å². The van der Waals surface area contributed by atoms with Crippen molar-refractivity contribution in [2.24, 2.45) is 0 Å². The third kappa shape index (κ3) is 5.03. The third-order valence-electron chi connectivity index (χ3n) is 5.68. The predicted octanol–water partition coefficient (Wildman–Crippen LogP) is 7.27. The Morgan fingerprint density at radius 3 is 1.29 bits per heavy atom. The molecule has 0 radical (unpaired) electrons. The van der Waals surface area contributed by atoms with E-state index in [0.717, 1.165) is 22.3 Å². The standard InChI is InChI=1S/C29H18Cl2N2O/c30-25-5-1-3-23(15-25)27(21-11-7-19(17-32)8-12-21)29(34)28(24-4-2-6-26(31)16-24)22-13-9-20(18-33)10-14-22/h1-16,27-28H. The molecule has 0 N–H and O–H groups in total. The molecule has 5 heteroatoms. The molecule has 4 rings (SSSR count). The summed E-state index contributed by atoms with van der Waals surface area (Å²) >= 11 is 12.6. The molecule has 0 aromatic heterocycles. The molecular weight excluding hydrogens is 463 g/mol. The van der Waals surface area contributed by atoms with Crippen molar-refractivity contribution in [3.63, 3.8) is 0 Å². The molecule has 3 nitrogen and oxygen atoms in total. The molecule has 0 saturated heterocycles. The van der Waals surface area contributed by atoms with E-state index in [1.807, 2.05) is 24.3 Å². The Morgan fingerprint density at radius 1 is 0.588 bits per heavy atom. The fourth-order valence-corrected chi connectivity index (χ4v) is 4.48. The Balaban J connectivity index is 1.90. The van der Waals surface area contributed by atoms with Crippen molar-refractivity contribution in [3.05, 3.63) is 140 Å². The molecule has 2 atom stereocenters. The van der Waals surface area contributed by atoms with E-state index in [-0.39, 0.29) is 5.78 Å². The van der Waals surface area contributed by atoms with Gasteiger partial charge in [-0.15, -0.1) is 0 Å². The average Bonchev–Trinajstić information content (AvgIpc) is 2.85. The van der Waals surface area contributed by atoms with Crippen LogP contribution in [-0.2, 0) is 4.79 Å². The van der Waals surface area contributed by atoms with Gasteiger partial charge in [0, 0.05) is 10.0 Å². The zero-order valence-corrected chi connectivity index (χ0v) is 19.5. The lowest BCUT2D eigenvalue weighted by atomic mass is 9.77. The van der Waals surface area contributed by atoms with Gasteiger partial charge in [-0.25, -0.2) is 0 Å². The Hall–Kier alpha value is -3.89. The van der Waals surface area contributed by atoms with Gasteiger partial charge in [-0.05, 0) is 70.8 Å². The number of Topliss-reactive ketones (excluding diaryl/α,β-unsaturated/α-hetero) is 1. The topological polar surface area (TPSA) is 64.7 Å². The molecule has 0 spiro atoms. The summed E-state index contributed by atoms with van der Waals surface area (Å²) < 4.78 is 0. The molecule has 0 bridgehead atoms. The largest absolute Gasteiger partial charge is 0.298 e. The van der Waals surface area contributed by atoms with Gasteiger partial charge < -0.3 is 0 Å². The summed E-state index contributed by atoms with van der Waals surface area (Å²) in [5.74, 6) is -1.34. The number of carbonyl (C=O) groups is 1. The van der Waals surface area contributed by atoms with Gasteiger partial charge in [0.15, 0.2) is 5.78 Å². The third-order valence-corrected chi connectivity index (χ3v) is 6.15. The first kappa shape index (κ1) is 23.3. The number of halogens is 2. The van der Waals surface area contributed by atoms with Gasteiger partial charge in [-0.1, -0.05) is 71.7 Å².